The first-order valence-corrected chi connectivity index (χ1v) is 6.01. The number of carbonyl (C=O) groups is 2. The summed E-state index contributed by atoms with van der Waals surface area (Å²) in [5.41, 5.74) is 5.63. The number of methoxy groups -OCH3 is 1. The van der Waals surface area contributed by atoms with Gasteiger partial charge in [-0.2, -0.15) is 0 Å². The van der Waals surface area contributed by atoms with E-state index in [1.165, 1.54) is 6.92 Å². The van der Waals surface area contributed by atoms with Crippen molar-refractivity contribution in [2.75, 3.05) is 14.2 Å². The molecule has 1 amide bonds. The van der Waals surface area contributed by atoms with Crippen LogP contribution >= 0.6 is 0 Å². The van der Waals surface area contributed by atoms with E-state index in [9.17, 15) is 9.59 Å². The number of rotatable bonds is 5. The zero-order chi connectivity index (χ0) is 14.6. The van der Waals surface area contributed by atoms with Crippen LogP contribution in [-0.2, 0) is 14.3 Å². The maximum atomic E-state index is 11.5. The van der Waals surface area contributed by atoms with Crippen LogP contribution in [0.1, 0.15) is 20.3 Å². The predicted octanol–water partition coefficient (Wildman–Crippen LogP) is 1.03. The highest BCUT2D eigenvalue weighted by molar-refractivity contribution is 6.17. The molecule has 0 spiro atoms. The van der Waals surface area contributed by atoms with Crippen LogP contribution < -0.4 is 11.1 Å². The van der Waals surface area contributed by atoms with Gasteiger partial charge in [0.2, 0.25) is 0 Å². The summed E-state index contributed by atoms with van der Waals surface area (Å²) >= 11 is 0. The molecular formula is C14H20N2O3. The lowest BCUT2D eigenvalue weighted by molar-refractivity contribution is -0.119. The number of nitrogens with one attached hydrogen (secondary N) is 1. The molecular weight excluding hydrogens is 244 g/mol. The van der Waals surface area contributed by atoms with Gasteiger partial charge in [0.05, 0.1) is 12.7 Å². The number of ketones is 1. The van der Waals surface area contributed by atoms with Crippen LogP contribution in [0.2, 0.25) is 0 Å². The Hall–Kier alpha value is -2.04. The van der Waals surface area contributed by atoms with E-state index in [2.05, 4.69) is 5.32 Å². The molecule has 3 N–H and O–H groups in total. The fourth-order valence-corrected chi connectivity index (χ4v) is 2.05. The van der Waals surface area contributed by atoms with Gasteiger partial charge >= 0.3 is 0 Å². The van der Waals surface area contributed by atoms with Gasteiger partial charge in [0.25, 0.3) is 5.91 Å². The number of allylic oxidation sites excluding steroid dienone is 3. The second-order valence-electron chi connectivity index (χ2n) is 4.72. The molecule has 19 heavy (non-hydrogen) atoms. The third-order valence-corrected chi connectivity index (χ3v) is 3.21. The molecule has 0 heterocycles. The second kappa shape index (κ2) is 5.73. The normalized spacial score (nSPS) is 23.3. The van der Waals surface area contributed by atoms with Gasteiger partial charge in [-0.15, -0.1) is 0 Å². The maximum absolute atomic E-state index is 11.5. The molecule has 1 rings (SSSR count). The van der Waals surface area contributed by atoms with Crippen LogP contribution in [0, 0.1) is 5.41 Å². The lowest BCUT2D eigenvalue weighted by Crippen LogP contribution is -2.27. The molecule has 0 bridgehead atoms. The first kappa shape index (κ1) is 15.0. The minimum atomic E-state index is -0.715. The van der Waals surface area contributed by atoms with Crippen molar-refractivity contribution >= 4 is 11.7 Å². The average molecular weight is 264 g/mol. The SMILES string of the molecule is CNC1=CCC(C)(/C=C(\C(C)=O)C(N)=O)C(OC)=C1. The van der Waals surface area contributed by atoms with Gasteiger partial charge in [-0.25, -0.2) is 0 Å². The summed E-state index contributed by atoms with van der Waals surface area (Å²) in [5, 5.41) is 3.03. The van der Waals surface area contributed by atoms with E-state index in [4.69, 9.17) is 10.5 Å². The van der Waals surface area contributed by atoms with E-state index < -0.39 is 11.3 Å². The van der Waals surface area contributed by atoms with Crippen LogP contribution in [-0.4, -0.2) is 25.8 Å². The highest BCUT2D eigenvalue weighted by Gasteiger charge is 2.32. The highest BCUT2D eigenvalue weighted by Crippen LogP contribution is 2.38. The summed E-state index contributed by atoms with van der Waals surface area (Å²) in [6.45, 7) is 3.23. The van der Waals surface area contributed by atoms with Gasteiger partial charge in [0, 0.05) is 18.2 Å². The number of carbonyl (C=O) groups excluding carboxylic acids is 2. The maximum Gasteiger partial charge on any atom is 0.252 e. The summed E-state index contributed by atoms with van der Waals surface area (Å²) in [6.07, 6.45) is 6.04. The van der Waals surface area contributed by atoms with Crippen molar-refractivity contribution in [2.24, 2.45) is 11.1 Å². The number of hydrogen-bond acceptors (Lipinski definition) is 4. The van der Waals surface area contributed by atoms with E-state index in [0.717, 1.165) is 5.70 Å². The van der Waals surface area contributed by atoms with Gasteiger partial charge in [0.15, 0.2) is 5.78 Å². The van der Waals surface area contributed by atoms with Crippen molar-refractivity contribution in [1.82, 2.24) is 5.32 Å². The molecule has 0 aromatic heterocycles. The minimum Gasteiger partial charge on any atom is -0.500 e. The largest absolute Gasteiger partial charge is 0.500 e. The zero-order valence-corrected chi connectivity index (χ0v) is 11.7. The van der Waals surface area contributed by atoms with Crippen molar-refractivity contribution in [1.29, 1.82) is 0 Å². The van der Waals surface area contributed by atoms with Gasteiger partial charge in [-0.05, 0) is 26.3 Å². The monoisotopic (exact) mass is 264 g/mol. The van der Waals surface area contributed by atoms with Crippen LogP contribution in [0.25, 0.3) is 0 Å². The van der Waals surface area contributed by atoms with Crippen molar-refractivity contribution in [3.63, 3.8) is 0 Å². The van der Waals surface area contributed by atoms with Crippen LogP contribution in [0.5, 0.6) is 0 Å². The minimum absolute atomic E-state index is 0.00626. The first-order valence-electron chi connectivity index (χ1n) is 6.01. The molecule has 5 nitrogen and oxygen atoms in total. The molecule has 0 saturated heterocycles. The van der Waals surface area contributed by atoms with E-state index in [1.807, 2.05) is 26.1 Å². The zero-order valence-electron chi connectivity index (χ0n) is 11.7. The number of Topliss-reactive ketones (excluding diaryl/α,β-unsaturated/α-hetero) is 1. The highest BCUT2D eigenvalue weighted by atomic mass is 16.5. The van der Waals surface area contributed by atoms with Crippen molar-refractivity contribution in [3.05, 3.63) is 35.3 Å². The van der Waals surface area contributed by atoms with Gasteiger partial charge in [-0.3, -0.25) is 9.59 Å². The molecule has 1 atom stereocenters. The first-order chi connectivity index (χ1) is 8.84. The molecule has 1 aliphatic rings. The summed E-state index contributed by atoms with van der Waals surface area (Å²) in [4.78, 5) is 22.8. The third-order valence-electron chi connectivity index (χ3n) is 3.21. The van der Waals surface area contributed by atoms with Crippen molar-refractivity contribution < 1.29 is 14.3 Å². The second-order valence-corrected chi connectivity index (χ2v) is 4.72. The summed E-state index contributed by atoms with van der Waals surface area (Å²) in [7, 11) is 3.38. The van der Waals surface area contributed by atoms with E-state index in [-0.39, 0.29) is 11.4 Å². The Bertz CT molecular complexity index is 473. The fraction of sp³-hybridized carbons (Fsp3) is 0.429. The topological polar surface area (TPSA) is 81.4 Å². The Morgan fingerprint density at radius 1 is 1.53 bits per heavy atom. The van der Waals surface area contributed by atoms with Gasteiger partial charge in [-0.1, -0.05) is 12.2 Å². The summed E-state index contributed by atoms with van der Waals surface area (Å²) in [6, 6.07) is 0. The number of hydrogen-bond donors (Lipinski definition) is 2. The molecule has 1 aliphatic carbocycles. The summed E-state index contributed by atoms with van der Waals surface area (Å²) < 4.78 is 5.37. The Labute approximate surface area is 113 Å². The predicted molar refractivity (Wildman–Crippen MR) is 72.9 cm³/mol. The lowest BCUT2D eigenvalue weighted by atomic mass is 9.79. The Kier molecular flexibility index (Phi) is 4.53. The number of primary amides is 1. The van der Waals surface area contributed by atoms with E-state index in [1.54, 1.807) is 13.2 Å². The number of ether oxygens (including phenoxy) is 1. The number of nitrogens with two attached hydrogens (primary N) is 1. The van der Waals surface area contributed by atoms with Crippen LogP contribution in [0.4, 0.5) is 0 Å². The van der Waals surface area contributed by atoms with Crippen LogP contribution in [0.3, 0.4) is 0 Å². The molecule has 0 aromatic rings. The van der Waals surface area contributed by atoms with Gasteiger partial charge in [0.1, 0.15) is 5.76 Å². The smallest absolute Gasteiger partial charge is 0.252 e. The van der Waals surface area contributed by atoms with Crippen molar-refractivity contribution in [3.8, 4) is 0 Å². The quantitative estimate of drug-likeness (QED) is 0.441. The van der Waals surface area contributed by atoms with Crippen molar-refractivity contribution in [2.45, 2.75) is 20.3 Å². The molecule has 0 saturated carbocycles. The standard InChI is InChI=1S/C14H20N2O3/c1-9(17)11(13(15)18)8-14(2)6-5-10(16-3)7-12(14)19-4/h5,7-8,16H,6H2,1-4H3,(H2,15,18)/b11-8+. The number of amides is 1. The summed E-state index contributed by atoms with van der Waals surface area (Å²) in [5.74, 6) is -0.375. The average Bonchev–Trinajstić information content (AvgIpc) is 2.36. The Balaban J connectivity index is 3.22. The van der Waals surface area contributed by atoms with E-state index in [0.29, 0.717) is 12.2 Å². The Morgan fingerprint density at radius 2 is 2.16 bits per heavy atom. The fourth-order valence-electron chi connectivity index (χ4n) is 2.05. The number of likely N-dealkylation sites (N-methyl/N-ethyl adjacent to an activating group) is 1. The molecule has 0 aromatic carbocycles. The third kappa shape index (κ3) is 3.24. The molecule has 5 heteroatoms. The molecule has 104 valence electrons. The molecule has 0 fully saturated rings. The molecule has 0 aliphatic heterocycles. The van der Waals surface area contributed by atoms with E-state index >= 15 is 0 Å². The molecule has 1 unspecified atom stereocenters. The van der Waals surface area contributed by atoms with Crippen LogP contribution in [0.15, 0.2) is 35.3 Å². The van der Waals surface area contributed by atoms with Gasteiger partial charge < -0.3 is 15.8 Å². The molecule has 0 radical (unpaired) electrons. The lowest BCUT2D eigenvalue weighted by Gasteiger charge is -2.31. The Morgan fingerprint density at radius 3 is 2.58 bits per heavy atom.